The number of anilines is 1. The van der Waals surface area contributed by atoms with E-state index in [9.17, 15) is 18.0 Å². The van der Waals surface area contributed by atoms with Crippen LogP contribution in [0.15, 0.2) is 30.6 Å². The van der Waals surface area contributed by atoms with Crippen molar-refractivity contribution in [3.8, 4) is 5.75 Å². The molecule has 4 saturated carbocycles. The number of nitrogens with zero attached hydrogens (tertiary/aromatic N) is 3. The molecule has 1 amide bonds. The highest BCUT2D eigenvalue weighted by atomic mass is 19.4. The number of carbonyl (C=O) groups excluding carboxylic acids is 1. The molecule has 1 aromatic heterocycles. The molecule has 1 N–H and O–H groups in total. The normalized spacial score (nSPS) is 29.1. The molecular formula is C26H29F3N4O2. The molecule has 0 atom stereocenters. The first kappa shape index (κ1) is 22.6. The number of amides is 1. The van der Waals surface area contributed by atoms with E-state index in [1.807, 2.05) is 0 Å². The summed E-state index contributed by atoms with van der Waals surface area (Å²) >= 11 is 0. The molecule has 35 heavy (non-hydrogen) atoms. The van der Waals surface area contributed by atoms with Gasteiger partial charge in [0.2, 0.25) is 0 Å². The average molecular weight is 487 g/mol. The quantitative estimate of drug-likeness (QED) is 0.629. The largest absolute Gasteiger partial charge is 0.573 e. The van der Waals surface area contributed by atoms with Crippen LogP contribution in [0.4, 0.5) is 19.0 Å². The van der Waals surface area contributed by atoms with E-state index in [1.54, 1.807) is 4.90 Å². The number of fused-ring (bicyclic) bond motifs is 1. The molecular weight excluding hydrogens is 457 g/mol. The summed E-state index contributed by atoms with van der Waals surface area (Å²) in [4.78, 5) is 23.6. The summed E-state index contributed by atoms with van der Waals surface area (Å²) < 4.78 is 41.7. The Bertz CT molecular complexity index is 1100. The van der Waals surface area contributed by atoms with Gasteiger partial charge in [0.25, 0.3) is 5.91 Å². The van der Waals surface area contributed by atoms with Crippen LogP contribution in [0.3, 0.4) is 0 Å². The summed E-state index contributed by atoms with van der Waals surface area (Å²) in [7, 11) is 0. The minimum atomic E-state index is -4.80. The van der Waals surface area contributed by atoms with E-state index < -0.39 is 12.1 Å². The Kier molecular flexibility index (Phi) is 5.41. The maximum Gasteiger partial charge on any atom is 0.573 e. The lowest BCUT2D eigenvalue weighted by molar-refractivity contribution is -0.274. The number of alkyl halides is 3. The van der Waals surface area contributed by atoms with Crippen LogP contribution >= 0.6 is 0 Å². The molecule has 186 valence electrons. The number of hydrogen-bond acceptors (Lipinski definition) is 5. The molecule has 0 radical (unpaired) electrons. The van der Waals surface area contributed by atoms with E-state index >= 15 is 0 Å². The molecule has 0 spiro atoms. The number of carbonyl (C=O) groups is 1. The molecule has 7 rings (SSSR count). The molecule has 4 aliphatic carbocycles. The molecule has 5 aliphatic rings. The lowest BCUT2D eigenvalue weighted by Gasteiger charge is -2.57. The van der Waals surface area contributed by atoms with Crippen molar-refractivity contribution >= 4 is 11.7 Å². The third kappa shape index (κ3) is 4.57. The van der Waals surface area contributed by atoms with Crippen LogP contribution in [0.5, 0.6) is 5.75 Å². The van der Waals surface area contributed by atoms with Crippen LogP contribution in [0, 0.1) is 23.2 Å². The van der Waals surface area contributed by atoms with Crippen LogP contribution in [0.2, 0.25) is 0 Å². The van der Waals surface area contributed by atoms with Crippen LogP contribution in [-0.2, 0) is 13.0 Å². The van der Waals surface area contributed by atoms with Crippen molar-refractivity contribution in [2.45, 2.75) is 57.9 Å². The van der Waals surface area contributed by atoms with E-state index in [1.165, 1.54) is 63.1 Å². The SMILES string of the molecule is O=C(c1cccc(OC(F)(F)F)c1)N1CCc2c(ncnc2NCC23CC4CC(CC(C4)C2)C3)C1. The number of ether oxygens (including phenoxy) is 1. The Morgan fingerprint density at radius 1 is 1.11 bits per heavy atom. The Morgan fingerprint density at radius 2 is 1.83 bits per heavy atom. The van der Waals surface area contributed by atoms with Crippen LogP contribution in [-0.4, -0.2) is 40.2 Å². The standard InChI is InChI=1S/C26H29F3N4O2/c27-26(28,29)35-20-3-1-2-19(9-20)24(34)33-5-4-21-22(13-33)31-15-32-23(21)30-14-25-10-16-6-17(11-25)8-18(7-16)12-25/h1-3,9,15-18H,4-8,10-14H2,(H,30,31,32). The third-order valence-corrected chi connectivity index (χ3v) is 8.40. The minimum absolute atomic E-state index is 0.157. The molecule has 4 bridgehead atoms. The monoisotopic (exact) mass is 486 g/mol. The molecule has 0 saturated heterocycles. The van der Waals surface area contributed by atoms with E-state index in [0.29, 0.717) is 24.9 Å². The van der Waals surface area contributed by atoms with Crippen molar-refractivity contribution in [2.75, 3.05) is 18.4 Å². The van der Waals surface area contributed by atoms with Crippen molar-refractivity contribution < 1.29 is 22.7 Å². The molecule has 4 fully saturated rings. The topological polar surface area (TPSA) is 67.3 Å². The maximum atomic E-state index is 13.0. The Labute approximate surface area is 202 Å². The summed E-state index contributed by atoms with van der Waals surface area (Å²) in [5, 5.41) is 3.66. The van der Waals surface area contributed by atoms with Crippen LogP contribution in [0.1, 0.15) is 60.1 Å². The Morgan fingerprint density at radius 3 is 2.51 bits per heavy atom. The number of halogens is 3. The Hall–Kier alpha value is -2.84. The van der Waals surface area contributed by atoms with Gasteiger partial charge in [-0.05, 0) is 86.3 Å². The molecule has 9 heteroatoms. The molecule has 2 aromatic rings. The van der Waals surface area contributed by atoms with Gasteiger partial charge in [0.1, 0.15) is 17.9 Å². The lowest BCUT2D eigenvalue weighted by atomic mass is 9.49. The van der Waals surface area contributed by atoms with Crippen molar-refractivity contribution in [1.29, 1.82) is 0 Å². The highest BCUT2D eigenvalue weighted by Gasteiger charge is 2.50. The first-order valence-electron chi connectivity index (χ1n) is 12.5. The highest BCUT2D eigenvalue weighted by Crippen LogP contribution is 2.60. The molecule has 0 unspecified atom stereocenters. The number of nitrogens with one attached hydrogen (secondary N) is 1. The summed E-state index contributed by atoms with van der Waals surface area (Å²) in [6, 6.07) is 5.20. The van der Waals surface area contributed by atoms with Gasteiger partial charge in [0.05, 0.1) is 12.2 Å². The first-order valence-corrected chi connectivity index (χ1v) is 12.5. The maximum absolute atomic E-state index is 13.0. The predicted octanol–water partition coefficient (Wildman–Crippen LogP) is 5.20. The molecule has 2 heterocycles. The fourth-order valence-electron chi connectivity index (χ4n) is 7.47. The first-order chi connectivity index (χ1) is 16.8. The van der Waals surface area contributed by atoms with Gasteiger partial charge in [0.15, 0.2) is 0 Å². The molecule has 1 aromatic carbocycles. The fraction of sp³-hybridized carbons (Fsp3) is 0.577. The Balaban J connectivity index is 1.14. The zero-order valence-corrected chi connectivity index (χ0v) is 19.5. The van der Waals surface area contributed by atoms with E-state index in [4.69, 9.17) is 0 Å². The second kappa shape index (κ2) is 8.38. The minimum Gasteiger partial charge on any atom is -0.406 e. The zero-order valence-electron chi connectivity index (χ0n) is 19.5. The molecule has 6 nitrogen and oxygen atoms in total. The van der Waals surface area contributed by atoms with Gasteiger partial charge in [0, 0.05) is 24.2 Å². The number of rotatable bonds is 5. The van der Waals surface area contributed by atoms with Gasteiger partial charge in [-0.3, -0.25) is 4.79 Å². The number of hydrogen-bond donors (Lipinski definition) is 1. The number of benzene rings is 1. The van der Waals surface area contributed by atoms with E-state index in [0.717, 1.165) is 47.4 Å². The van der Waals surface area contributed by atoms with Gasteiger partial charge in [-0.2, -0.15) is 0 Å². The van der Waals surface area contributed by atoms with Crippen LogP contribution in [0.25, 0.3) is 0 Å². The van der Waals surface area contributed by atoms with E-state index in [-0.39, 0.29) is 11.5 Å². The van der Waals surface area contributed by atoms with E-state index in [2.05, 4.69) is 20.0 Å². The summed E-state index contributed by atoms with van der Waals surface area (Å²) in [6.07, 6.45) is 5.53. The highest BCUT2D eigenvalue weighted by molar-refractivity contribution is 5.94. The van der Waals surface area contributed by atoms with Gasteiger partial charge in [-0.15, -0.1) is 13.2 Å². The average Bonchev–Trinajstić information content (AvgIpc) is 2.80. The predicted molar refractivity (Wildman–Crippen MR) is 123 cm³/mol. The van der Waals surface area contributed by atoms with Crippen molar-refractivity contribution in [3.05, 3.63) is 47.4 Å². The molecule has 1 aliphatic heterocycles. The second-order valence-electron chi connectivity index (χ2n) is 11.0. The number of aromatic nitrogens is 2. The van der Waals surface area contributed by atoms with Gasteiger partial charge < -0.3 is 15.0 Å². The lowest BCUT2D eigenvalue weighted by Crippen LogP contribution is -2.49. The van der Waals surface area contributed by atoms with Crippen molar-refractivity contribution in [3.63, 3.8) is 0 Å². The van der Waals surface area contributed by atoms with Gasteiger partial charge in [-0.1, -0.05) is 6.07 Å². The summed E-state index contributed by atoms with van der Waals surface area (Å²) in [6.45, 7) is 1.69. The summed E-state index contributed by atoms with van der Waals surface area (Å²) in [5.41, 5.74) is 2.36. The summed E-state index contributed by atoms with van der Waals surface area (Å²) in [5.74, 6) is 2.79. The van der Waals surface area contributed by atoms with Gasteiger partial charge >= 0.3 is 6.36 Å². The van der Waals surface area contributed by atoms with Crippen LogP contribution < -0.4 is 10.1 Å². The van der Waals surface area contributed by atoms with Crippen molar-refractivity contribution in [2.24, 2.45) is 23.2 Å². The second-order valence-corrected chi connectivity index (χ2v) is 11.0. The smallest absolute Gasteiger partial charge is 0.406 e. The zero-order chi connectivity index (χ0) is 24.2. The fourth-order valence-corrected chi connectivity index (χ4v) is 7.47. The van der Waals surface area contributed by atoms with Crippen molar-refractivity contribution in [1.82, 2.24) is 14.9 Å². The van der Waals surface area contributed by atoms with Gasteiger partial charge in [-0.25, -0.2) is 9.97 Å². The third-order valence-electron chi connectivity index (χ3n) is 8.40.